The first-order valence-electron chi connectivity index (χ1n) is 17.3. The van der Waals surface area contributed by atoms with E-state index in [-0.39, 0.29) is 49.4 Å². The van der Waals surface area contributed by atoms with E-state index in [9.17, 15) is 24.3 Å². The lowest BCUT2D eigenvalue weighted by molar-refractivity contribution is -0.149. The first-order valence-corrected chi connectivity index (χ1v) is 18.1. The number of hydrogen-bond donors (Lipinski definition) is 2. The van der Waals surface area contributed by atoms with Gasteiger partial charge in [0.2, 0.25) is 17.7 Å². The second kappa shape index (κ2) is 15.0. The predicted molar refractivity (Wildman–Crippen MR) is 178 cm³/mol. The number of carbonyl (C=O) groups is 4. The van der Waals surface area contributed by atoms with Gasteiger partial charge < -0.3 is 29.7 Å². The molecule has 6 rings (SSSR count). The Labute approximate surface area is 285 Å². The van der Waals surface area contributed by atoms with Crippen LogP contribution in [0.4, 0.5) is 0 Å². The Morgan fingerprint density at radius 2 is 1.72 bits per heavy atom. The highest BCUT2D eigenvalue weighted by Crippen LogP contribution is 2.58. The Morgan fingerprint density at radius 1 is 0.957 bits per heavy atom. The van der Waals surface area contributed by atoms with Crippen LogP contribution in [0.3, 0.4) is 0 Å². The average Bonchev–Trinajstić information content (AvgIpc) is 3.67. The molecule has 2 N–H and O–H groups in total. The molecule has 11 heteroatoms. The zero-order valence-electron chi connectivity index (χ0n) is 26.9. The minimum absolute atomic E-state index is 0.0293. The quantitative estimate of drug-likeness (QED) is 0.234. The number of nitrogens with one attached hydrogen (secondary N) is 1. The molecule has 4 aliphatic heterocycles. The van der Waals surface area contributed by atoms with Crippen LogP contribution in [-0.4, -0.2) is 88.7 Å². The number of aliphatic hydroxyl groups is 1. The normalized spacial score (nSPS) is 32.6. The van der Waals surface area contributed by atoms with Crippen LogP contribution in [0.25, 0.3) is 0 Å². The predicted octanol–water partition coefficient (Wildman–Crippen LogP) is 4.32. The first kappa shape index (κ1) is 33.9. The zero-order chi connectivity index (χ0) is 33.0. The molecule has 1 aromatic carbocycles. The molecule has 5 aliphatic rings. The number of likely N-dealkylation sites (tertiary alicyclic amines) is 1. The van der Waals surface area contributed by atoms with E-state index in [0.29, 0.717) is 36.8 Å². The van der Waals surface area contributed by atoms with Gasteiger partial charge in [0.25, 0.3) is 0 Å². The molecule has 1 aromatic rings. The lowest BCUT2D eigenvalue weighted by atomic mass is 9.73. The van der Waals surface area contributed by atoms with Crippen LogP contribution < -0.4 is 5.32 Å². The van der Waals surface area contributed by atoms with E-state index < -0.39 is 35.6 Å². The number of nitrogens with zero attached hydrogens (tertiary/aromatic N) is 2. The third-order valence-electron chi connectivity index (χ3n) is 10.5. The zero-order valence-corrected chi connectivity index (χ0v) is 28.4. The summed E-state index contributed by atoms with van der Waals surface area (Å²) in [7, 11) is 0. The van der Waals surface area contributed by atoms with Crippen LogP contribution in [0.2, 0.25) is 0 Å². The van der Waals surface area contributed by atoms with Crippen LogP contribution in [0.5, 0.6) is 0 Å². The molecule has 0 unspecified atom stereocenters. The van der Waals surface area contributed by atoms with Gasteiger partial charge in [0, 0.05) is 36.6 Å². The average molecular weight is 713 g/mol. The third-order valence-corrected chi connectivity index (χ3v) is 11.2. The van der Waals surface area contributed by atoms with Gasteiger partial charge >= 0.3 is 5.97 Å². The maximum Gasteiger partial charge on any atom is 0.306 e. The topological polar surface area (TPSA) is 125 Å². The van der Waals surface area contributed by atoms with E-state index in [2.05, 4.69) is 21.2 Å². The van der Waals surface area contributed by atoms with Gasteiger partial charge in [-0.15, -0.1) is 0 Å². The van der Waals surface area contributed by atoms with Crippen LogP contribution in [0.1, 0.15) is 82.2 Å². The molecule has 3 amide bonds. The van der Waals surface area contributed by atoms with E-state index >= 15 is 0 Å². The Hall–Kier alpha value is -3.02. The van der Waals surface area contributed by atoms with Crippen LogP contribution >= 0.6 is 15.9 Å². The van der Waals surface area contributed by atoms with Crippen LogP contribution in [0, 0.1) is 11.8 Å². The Bertz CT molecular complexity index is 1380. The van der Waals surface area contributed by atoms with Crippen molar-refractivity contribution in [2.45, 2.75) is 100 Å². The number of esters is 1. The minimum atomic E-state index is -1.29. The lowest BCUT2D eigenvalue weighted by Gasteiger charge is -2.40. The fraction of sp³-hybridized carbons (Fsp3) is 0.611. The Balaban J connectivity index is 1.39. The molecule has 3 fully saturated rings. The molecule has 10 nitrogen and oxygen atoms in total. The number of rotatable bonds is 8. The number of unbranched alkanes of at least 4 members (excludes halogenated alkanes) is 3. The molecule has 1 aliphatic carbocycles. The minimum Gasteiger partial charge on any atom is -0.463 e. The maximum absolute atomic E-state index is 15.0. The van der Waals surface area contributed by atoms with Crippen molar-refractivity contribution < 1.29 is 33.8 Å². The van der Waals surface area contributed by atoms with E-state index in [1.165, 1.54) is 0 Å². The fourth-order valence-corrected chi connectivity index (χ4v) is 8.92. The number of halogens is 1. The van der Waals surface area contributed by atoms with Crippen molar-refractivity contribution in [1.29, 1.82) is 0 Å². The highest BCUT2D eigenvalue weighted by Gasteiger charge is 2.74. The van der Waals surface area contributed by atoms with Gasteiger partial charge in [-0.3, -0.25) is 19.2 Å². The third kappa shape index (κ3) is 6.81. The highest BCUT2D eigenvalue weighted by atomic mass is 79.9. The van der Waals surface area contributed by atoms with Crippen molar-refractivity contribution in [3.8, 4) is 0 Å². The van der Waals surface area contributed by atoms with Gasteiger partial charge in [0.15, 0.2) is 0 Å². The summed E-state index contributed by atoms with van der Waals surface area (Å²) in [5.41, 5.74) is -0.511. The number of ether oxygens (including phenoxy) is 2. The molecule has 254 valence electrons. The van der Waals surface area contributed by atoms with E-state index in [1.807, 2.05) is 53.5 Å². The summed E-state index contributed by atoms with van der Waals surface area (Å²) in [5, 5.41) is 12.4. The van der Waals surface area contributed by atoms with Crippen molar-refractivity contribution >= 4 is 39.6 Å². The molecule has 0 radical (unpaired) electrons. The lowest BCUT2D eigenvalue weighted by Crippen LogP contribution is -2.58. The fourth-order valence-electron chi connectivity index (χ4n) is 8.18. The molecule has 5 bridgehead atoms. The van der Waals surface area contributed by atoms with Gasteiger partial charge in [-0.2, -0.15) is 0 Å². The smallest absolute Gasteiger partial charge is 0.306 e. The second-order valence-electron chi connectivity index (χ2n) is 13.4. The number of benzene rings is 1. The molecule has 4 heterocycles. The monoisotopic (exact) mass is 711 g/mol. The van der Waals surface area contributed by atoms with Crippen molar-refractivity contribution in [3.63, 3.8) is 0 Å². The molecular weight excluding hydrogens is 666 g/mol. The number of carbonyl (C=O) groups excluding carboxylic acids is 4. The van der Waals surface area contributed by atoms with Crippen LogP contribution in [-0.2, 0) is 28.7 Å². The maximum atomic E-state index is 15.0. The number of aliphatic hydroxyl groups excluding tert-OH is 1. The number of allylic oxidation sites excluding steroid dienone is 1. The van der Waals surface area contributed by atoms with E-state index in [4.69, 9.17) is 9.47 Å². The van der Waals surface area contributed by atoms with Gasteiger partial charge in [-0.05, 0) is 43.7 Å². The second-order valence-corrected chi connectivity index (χ2v) is 14.4. The number of fused-ring (bicyclic) bond motifs is 2. The standard InChI is InChI=1S/C36H46BrN3O7/c37-26-22-36-30-29(31(26)47-36)33(43)38-27(24-14-6-3-7-15-24)23-46-28(42)18-10-5-12-19-39(25-16-8-4-9-17-25)35(45)32(36)40(34(30)44)20-11-1-2-13-21-41/h3,5-7,12,14-15,22,25,27,29-32,41H,1-2,4,8-11,13,16-21,23H2,(H,38,43)/b12-5-/t27-,29-,30+,31-,32-,36+/m1/s1. The van der Waals surface area contributed by atoms with Gasteiger partial charge in [-0.1, -0.05) is 90.5 Å². The summed E-state index contributed by atoms with van der Waals surface area (Å²) in [5.74, 6) is -2.90. The number of amides is 3. The first-order chi connectivity index (χ1) is 22.9. The van der Waals surface area contributed by atoms with Gasteiger partial charge in [0.1, 0.15) is 24.4 Å². The number of hydrogen-bond acceptors (Lipinski definition) is 7. The van der Waals surface area contributed by atoms with Gasteiger partial charge in [-0.25, -0.2) is 0 Å². The Morgan fingerprint density at radius 3 is 2.49 bits per heavy atom. The molecule has 47 heavy (non-hydrogen) atoms. The SMILES string of the molecule is O=C1CC/C=C\CN(C2CCCCC2)C(=O)[C@H]2N(CCCCCCO)C(=O)[C@@H]3[C@@H](C(=O)N[C@@H](c4ccccc4)CO1)[C@@H]1O[C@@]32C=C1Br. The van der Waals surface area contributed by atoms with E-state index in [1.54, 1.807) is 4.90 Å². The Kier molecular flexibility index (Phi) is 10.8. The largest absolute Gasteiger partial charge is 0.463 e. The molecule has 2 saturated heterocycles. The summed E-state index contributed by atoms with van der Waals surface area (Å²) in [6.07, 6.45) is 13.6. The van der Waals surface area contributed by atoms with Crippen molar-refractivity contribution in [3.05, 3.63) is 58.6 Å². The summed E-state index contributed by atoms with van der Waals surface area (Å²) >= 11 is 3.65. The van der Waals surface area contributed by atoms with Crippen molar-refractivity contribution in [2.75, 3.05) is 26.3 Å². The molecule has 1 saturated carbocycles. The summed E-state index contributed by atoms with van der Waals surface area (Å²) in [4.78, 5) is 60.1. The van der Waals surface area contributed by atoms with Crippen molar-refractivity contribution in [2.24, 2.45) is 11.8 Å². The summed E-state index contributed by atoms with van der Waals surface area (Å²) < 4.78 is 13.0. The van der Waals surface area contributed by atoms with Crippen molar-refractivity contribution in [1.82, 2.24) is 15.1 Å². The molecule has 0 aromatic heterocycles. The van der Waals surface area contributed by atoms with E-state index in [0.717, 1.165) is 50.5 Å². The molecular formula is C36H46BrN3O7. The molecule has 6 atom stereocenters. The summed E-state index contributed by atoms with van der Waals surface area (Å²) in [6, 6.07) is 7.82. The van der Waals surface area contributed by atoms with Crippen LogP contribution in [0.15, 0.2) is 53.0 Å². The highest BCUT2D eigenvalue weighted by molar-refractivity contribution is 9.11. The van der Waals surface area contributed by atoms with Gasteiger partial charge in [0.05, 0.1) is 17.9 Å². The molecule has 1 spiro atoms. The number of cyclic esters (lactones) is 1. The summed E-state index contributed by atoms with van der Waals surface area (Å²) in [6.45, 7) is 0.799.